The summed E-state index contributed by atoms with van der Waals surface area (Å²) in [5.41, 5.74) is 0.562. The number of methoxy groups -OCH3 is 2. The van der Waals surface area contributed by atoms with E-state index in [1.54, 1.807) is 0 Å². The summed E-state index contributed by atoms with van der Waals surface area (Å²) >= 11 is 0.575. The molecule has 11 heteroatoms. The van der Waals surface area contributed by atoms with Crippen LogP contribution in [-0.2, 0) is 20.9 Å². The van der Waals surface area contributed by atoms with Gasteiger partial charge in [0.25, 0.3) is 16.8 Å². The van der Waals surface area contributed by atoms with Gasteiger partial charge in [-0.05, 0) is 36.4 Å². The maximum absolute atomic E-state index is 12.7. The number of esters is 1. The molecule has 2 amide bonds. The third kappa shape index (κ3) is 5.14. The third-order valence-electron chi connectivity index (χ3n) is 4.79. The van der Waals surface area contributed by atoms with Crippen LogP contribution in [0.2, 0.25) is 0 Å². The molecule has 0 unspecified atom stereocenters. The van der Waals surface area contributed by atoms with E-state index in [0.29, 0.717) is 11.8 Å². The van der Waals surface area contributed by atoms with Gasteiger partial charge in [0.2, 0.25) is 0 Å². The number of amides is 2. The Morgan fingerprint density at radius 2 is 1.88 bits per heavy atom. The highest BCUT2D eigenvalue weighted by molar-refractivity contribution is 8.18. The first kappa shape index (κ1) is 23.8. The largest absolute Gasteiger partial charge is 0.493 e. The van der Waals surface area contributed by atoms with Gasteiger partial charge in [-0.2, -0.15) is 0 Å². The molecule has 0 aromatic heterocycles. The van der Waals surface area contributed by atoms with E-state index in [9.17, 15) is 24.5 Å². The van der Waals surface area contributed by atoms with Crippen LogP contribution in [0.3, 0.4) is 0 Å². The molecular weight excluding hydrogens is 452 g/mol. The first-order valence-electron chi connectivity index (χ1n) is 9.64. The highest BCUT2D eigenvalue weighted by atomic mass is 32.2. The van der Waals surface area contributed by atoms with Crippen molar-refractivity contribution in [2.24, 2.45) is 0 Å². The number of carbonyl (C=O) groups is 3. The predicted molar refractivity (Wildman–Crippen MR) is 120 cm³/mol. The van der Waals surface area contributed by atoms with Crippen molar-refractivity contribution in [1.29, 1.82) is 0 Å². The average molecular weight is 472 g/mol. The van der Waals surface area contributed by atoms with Gasteiger partial charge in [0.1, 0.15) is 12.6 Å². The molecule has 10 nitrogen and oxygen atoms in total. The van der Waals surface area contributed by atoms with Gasteiger partial charge in [0.15, 0.2) is 11.5 Å². The Balaban J connectivity index is 1.95. The Bertz CT molecular complexity index is 1130. The van der Waals surface area contributed by atoms with E-state index in [4.69, 9.17) is 9.47 Å². The maximum atomic E-state index is 12.7. The molecule has 1 aliphatic heterocycles. The van der Waals surface area contributed by atoms with Crippen molar-refractivity contribution in [2.45, 2.75) is 19.6 Å². The van der Waals surface area contributed by atoms with E-state index in [2.05, 4.69) is 4.74 Å². The lowest BCUT2D eigenvalue weighted by Gasteiger charge is -2.18. The number of nitro groups is 1. The Morgan fingerprint density at radius 1 is 1.18 bits per heavy atom. The van der Waals surface area contributed by atoms with E-state index in [-0.39, 0.29) is 34.3 Å². The fourth-order valence-corrected chi connectivity index (χ4v) is 3.98. The van der Waals surface area contributed by atoms with Gasteiger partial charge in [-0.15, -0.1) is 0 Å². The summed E-state index contributed by atoms with van der Waals surface area (Å²) in [5.74, 6) is -1.14. The molecule has 0 bridgehead atoms. The maximum Gasteiger partial charge on any atom is 0.328 e. The molecule has 2 aromatic rings. The second-order valence-electron chi connectivity index (χ2n) is 6.84. The Kier molecular flexibility index (Phi) is 7.34. The van der Waals surface area contributed by atoms with E-state index in [1.165, 1.54) is 32.2 Å². The molecule has 0 saturated carbocycles. The molecule has 0 spiro atoms. The summed E-state index contributed by atoms with van der Waals surface area (Å²) in [7, 11) is 2.52. The van der Waals surface area contributed by atoms with Crippen molar-refractivity contribution >= 4 is 40.6 Å². The molecule has 1 saturated heterocycles. The number of nitrogens with zero attached hydrogens (tertiary/aromatic N) is 2. The fourth-order valence-electron chi connectivity index (χ4n) is 3.08. The molecular formula is C22H20N2O8S. The van der Waals surface area contributed by atoms with Gasteiger partial charge < -0.3 is 14.2 Å². The number of thioether (sulfide) groups is 1. The van der Waals surface area contributed by atoms with Crippen LogP contribution >= 0.6 is 11.8 Å². The van der Waals surface area contributed by atoms with Crippen LogP contribution < -0.4 is 9.47 Å². The standard InChI is InChI=1S/C22H20N2O8S/c1-13(21(26)31-3)23-20(25)19(33-22(23)27)10-15-9-17(30-2)18(11-16(15)24(28)29)32-12-14-7-5-4-6-8-14/h4-11,13H,12H2,1-3H3/b19-10+/t13-/m1/s1. The number of hydrogen-bond acceptors (Lipinski definition) is 9. The topological polar surface area (TPSA) is 125 Å². The van der Waals surface area contributed by atoms with Crippen molar-refractivity contribution in [1.82, 2.24) is 4.90 Å². The number of nitro benzene ring substituents is 1. The van der Waals surface area contributed by atoms with E-state index in [1.807, 2.05) is 30.3 Å². The molecule has 1 heterocycles. The second kappa shape index (κ2) is 10.2. The summed E-state index contributed by atoms with van der Waals surface area (Å²) < 4.78 is 15.6. The Morgan fingerprint density at radius 3 is 2.48 bits per heavy atom. The molecule has 33 heavy (non-hydrogen) atoms. The van der Waals surface area contributed by atoms with Gasteiger partial charge in [-0.25, -0.2) is 4.79 Å². The lowest BCUT2D eigenvalue weighted by atomic mass is 10.1. The summed E-state index contributed by atoms with van der Waals surface area (Å²) in [4.78, 5) is 48.6. The number of imide groups is 1. The summed E-state index contributed by atoms with van der Waals surface area (Å²) in [6.45, 7) is 1.52. The molecule has 0 radical (unpaired) electrons. The van der Waals surface area contributed by atoms with Crippen molar-refractivity contribution < 1.29 is 33.5 Å². The third-order valence-corrected chi connectivity index (χ3v) is 5.67. The minimum absolute atomic E-state index is 0.0418. The number of carbonyl (C=O) groups excluding carboxylic acids is 3. The Hall–Kier alpha value is -3.86. The molecule has 3 rings (SSSR count). The number of benzene rings is 2. The van der Waals surface area contributed by atoms with Crippen molar-refractivity contribution in [3.63, 3.8) is 0 Å². The van der Waals surface area contributed by atoms with Crippen LogP contribution in [0.25, 0.3) is 6.08 Å². The fraction of sp³-hybridized carbons (Fsp3) is 0.227. The molecule has 2 aromatic carbocycles. The summed E-state index contributed by atoms with van der Waals surface area (Å²) in [5, 5.41) is 11.0. The number of rotatable bonds is 8. The molecule has 1 fully saturated rings. The van der Waals surface area contributed by atoms with E-state index >= 15 is 0 Å². The zero-order valence-electron chi connectivity index (χ0n) is 18.0. The van der Waals surface area contributed by atoms with Crippen molar-refractivity contribution in [3.05, 3.63) is 68.6 Å². The van der Waals surface area contributed by atoms with Gasteiger partial charge in [-0.3, -0.25) is 24.6 Å². The highest BCUT2D eigenvalue weighted by Crippen LogP contribution is 2.39. The van der Waals surface area contributed by atoms with Crippen LogP contribution in [-0.4, -0.2) is 47.2 Å². The monoisotopic (exact) mass is 472 g/mol. The Labute approximate surface area is 193 Å². The average Bonchev–Trinajstić information content (AvgIpc) is 3.09. The molecule has 0 N–H and O–H groups in total. The van der Waals surface area contributed by atoms with Gasteiger partial charge in [-0.1, -0.05) is 30.3 Å². The van der Waals surface area contributed by atoms with Crippen LogP contribution in [0, 0.1) is 10.1 Å². The highest BCUT2D eigenvalue weighted by Gasteiger charge is 2.41. The number of hydrogen-bond donors (Lipinski definition) is 0. The summed E-state index contributed by atoms with van der Waals surface area (Å²) in [6, 6.07) is 10.7. The van der Waals surface area contributed by atoms with Gasteiger partial charge in [0, 0.05) is 0 Å². The van der Waals surface area contributed by atoms with Crippen molar-refractivity contribution in [2.75, 3.05) is 14.2 Å². The van der Waals surface area contributed by atoms with Gasteiger partial charge in [0.05, 0.1) is 35.7 Å². The number of ether oxygens (including phenoxy) is 3. The normalized spacial score (nSPS) is 15.5. The first-order valence-corrected chi connectivity index (χ1v) is 10.5. The second-order valence-corrected chi connectivity index (χ2v) is 7.84. The van der Waals surface area contributed by atoms with Crippen LogP contribution in [0.5, 0.6) is 11.5 Å². The van der Waals surface area contributed by atoms with Gasteiger partial charge >= 0.3 is 5.97 Å². The molecule has 1 atom stereocenters. The minimum atomic E-state index is -1.13. The van der Waals surface area contributed by atoms with E-state index in [0.717, 1.165) is 17.6 Å². The minimum Gasteiger partial charge on any atom is -0.493 e. The van der Waals surface area contributed by atoms with E-state index < -0.39 is 28.1 Å². The molecule has 172 valence electrons. The molecule has 0 aliphatic carbocycles. The molecule has 1 aliphatic rings. The van der Waals surface area contributed by atoms with Crippen molar-refractivity contribution in [3.8, 4) is 11.5 Å². The smallest absolute Gasteiger partial charge is 0.328 e. The quantitative estimate of drug-likeness (QED) is 0.244. The van der Waals surface area contributed by atoms with Crippen LogP contribution in [0.15, 0.2) is 47.4 Å². The van der Waals surface area contributed by atoms with Crippen LogP contribution in [0.1, 0.15) is 18.1 Å². The first-order chi connectivity index (χ1) is 15.8. The predicted octanol–water partition coefficient (Wildman–Crippen LogP) is 3.78. The van der Waals surface area contributed by atoms with Crippen LogP contribution in [0.4, 0.5) is 10.5 Å². The summed E-state index contributed by atoms with van der Waals surface area (Å²) in [6.07, 6.45) is 1.22. The zero-order chi connectivity index (χ0) is 24.1. The lowest BCUT2D eigenvalue weighted by Crippen LogP contribution is -2.42. The zero-order valence-corrected chi connectivity index (χ0v) is 18.8. The SMILES string of the molecule is COC(=O)[C@@H](C)N1C(=O)S/C(=C/c2cc(OC)c(OCc3ccccc3)cc2[N+](=O)[O-])C1=O. The lowest BCUT2D eigenvalue weighted by molar-refractivity contribution is -0.385.